The summed E-state index contributed by atoms with van der Waals surface area (Å²) >= 11 is 1.26. The van der Waals surface area contributed by atoms with Crippen LogP contribution in [0.1, 0.15) is 12.5 Å². The summed E-state index contributed by atoms with van der Waals surface area (Å²) in [5, 5.41) is 11.6. The van der Waals surface area contributed by atoms with Crippen LogP contribution in [0.4, 0.5) is 10.1 Å². The van der Waals surface area contributed by atoms with E-state index in [4.69, 9.17) is 0 Å². The van der Waals surface area contributed by atoms with Crippen molar-refractivity contribution in [3.8, 4) is 11.4 Å². The number of nitrogens with zero attached hydrogens (tertiary/aromatic N) is 3. The fourth-order valence-corrected chi connectivity index (χ4v) is 3.30. The van der Waals surface area contributed by atoms with Crippen LogP contribution >= 0.6 is 11.8 Å². The fourth-order valence-electron chi connectivity index (χ4n) is 2.58. The number of carbonyl (C=O) groups is 1. The van der Waals surface area contributed by atoms with Gasteiger partial charge in [0.05, 0.1) is 11.3 Å². The van der Waals surface area contributed by atoms with Crippen molar-refractivity contribution in [1.29, 1.82) is 0 Å². The van der Waals surface area contributed by atoms with Crippen LogP contribution in [0.5, 0.6) is 0 Å². The quantitative estimate of drug-likeness (QED) is 0.668. The van der Waals surface area contributed by atoms with Gasteiger partial charge in [-0.1, -0.05) is 49.0 Å². The topological polar surface area (TPSA) is 59.8 Å². The van der Waals surface area contributed by atoms with E-state index in [0.717, 1.165) is 17.7 Å². The fraction of sp³-hybridized carbons (Fsp3) is 0.211. The van der Waals surface area contributed by atoms with Crippen molar-refractivity contribution in [2.75, 3.05) is 11.1 Å². The number of rotatable bonds is 6. The molecule has 26 heavy (non-hydrogen) atoms. The second-order valence-electron chi connectivity index (χ2n) is 5.69. The largest absolute Gasteiger partial charge is 0.325 e. The van der Waals surface area contributed by atoms with E-state index < -0.39 is 0 Å². The van der Waals surface area contributed by atoms with Gasteiger partial charge in [-0.05, 0) is 30.2 Å². The summed E-state index contributed by atoms with van der Waals surface area (Å²) in [5.41, 5.74) is 2.30. The van der Waals surface area contributed by atoms with E-state index in [9.17, 15) is 9.18 Å². The van der Waals surface area contributed by atoms with Crippen molar-refractivity contribution in [3.63, 3.8) is 0 Å². The minimum Gasteiger partial charge on any atom is -0.325 e. The number of anilines is 1. The average molecular weight is 370 g/mol. The van der Waals surface area contributed by atoms with Gasteiger partial charge in [0.1, 0.15) is 5.82 Å². The predicted octanol–water partition coefficient (Wildman–Crippen LogP) is 3.91. The van der Waals surface area contributed by atoms with Gasteiger partial charge in [-0.2, -0.15) is 0 Å². The summed E-state index contributed by atoms with van der Waals surface area (Å²) in [6.45, 7) is 2.05. The van der Waals surface area contributed by atoms with Crippen LogP contribution in [0.3, 0.4) is 0 Å². The molecule has 0 aliphatic carbocycles. The first-order chi connectivity index (χ1) is 12.6. The maximum atomic E-state index is 13.9. The maximum Gasteiger partial charge on any atom is 0.234 e. The van der Waals surface area contributed by atoms with Crippen LogP contribution in [0, 0.1) is 5.82 Å². The first-order valence-corrected chi connectivity index (χ1v) is 9.23. The van der Waals surface area contributed by atoms with Gasteiger partial charge >= 0.3 is 0 Å². The van der Waals surface area contributed by atoms with Gasteiger partial charge < -0.3 is 9.88 Å². The third kappa shape index (κ3) is 3.94. The van der Waals surface area contributed by atoms with E-state index >= 15 is 0 Å². The summed E-state index contributed by atoms with van der Waals surface area (Å²) in [6.07, 6.45) is 0.846. The lowest BCUT2D eigenvalue weighted by atomic mass is 10.1. The number of amides is 1. The number of aryl methyl sites for hydroxylation is 1. The van der Waals surface area contributed by atoms with Crippen molar-refractivity contribution in [3.05, 3.63) is 59.9 Å². The molecule has 0 saturated heterocycles. The molecule has 2 aromatic carbocycles. The van der Waals surface area contributed by atoms with Crippen molar-refractivity contribution in [2.24, 2.45) is 7.05 Å². The number of hydrogen-bond acceptors (Lipinski definition) is 4. The Balaban J connectivity index is 1.67. The summed E-state index contributed by atoms with van der Waals surface area (Å²) < 4.78 is 15.6. The van der Waals surface area contributed by atoms with Crippen molar-refractivity contribution >= 4 is 23.4 Å². The molecular formula is C19H19FN4OS. The van der Waals surface area contributed by atoms with Gasteiger partial charge in [0.25, 0.3) is 0 Å². The molecule has 3 rings (SSSR count). The number of para-hydroxylation sites is 1. The Hall–Kier alpha value is -2.67. The van der Waals surface area contributed by atoms with Crippen molar-refractivity contribution in [2.45, 2.75) is 18.5 Å². The molecule has 0 spiro atoms. The zero-order valence-corrected chi connectivity index (χ0v) is 15.4. The standard InChI is InChI=1S/C19H19FN4OS/c1-3-13-8-4-7-11-16(13)21-17(25)12-26-19-23-22-18(24(19)2)14-9-5-6-10-15(14)20/h4-11H,3,12H2,1-2H3,(H,21,25). The summed E-state index contributed by atoms with van der Waals surface area (Å²) in [4.78, 5) is 12.2. The highest BCUT2D eigenvalue weighted by atomic mass is 32.2. The Bertz CT molecular complexity index is 925. The Morgan fingerprint density at radius 3 is 2.65 bits per heavy atom. The minimum atomic E-state index is -0.353. The molecule has 0 radical (unpaired) electrons. The Morgan fingerprint density at radius 1 is 1.15 bits per heavy atom. The number of hydrogen-bond donors (Lipinski definition) is 1. The monoisotopic (exact) mass is 370 g/mol. The minimum absolute atomic E-state index is 0.119. The van der Waals surface area contributed by atoms with E-state index in [-0.39, 0.29) is 17.5 Å². The third-order valence-electron chi connectivity index (χ3n) is 3.95. The molecule has 5 nitrogen and oxygen atoms in total. The van der Waals surface area contributed by atoms with E-state index in [2.05, 4.69) is 15.5 Å². The predicted molar refractivity (Wildman–Crippen MR) is 102 cm³/mol. The molecule has 0 fully saturated rings. The zero-order chi connectivity index (χ0) is 18.5. The number of nitrogens with one attached hydrogen (secondary N) is 1. The molecule has 0 saturated carbocycles. The molecule has 0 aliphatic rings. The molecular weight excluding hydrogens is 351 g/mol. The van der Waals surface area contributed by atoms with Gasteiger partial charge in [0.15, 0.2) is 11.0 Å². The smallest absolute Gasteiger partial charge is 0.234 e. The molecule has 0 unspecified atom stereocenters. The van der Waals surface area contributed by atoms with Gasteiger partial charge in [0.2, 0.25) is 5.91 Å². The van der Waals surface area contributed by atoms with Crippen LogP contribution in [-0.4, -0.2) is 26.4 Å². The number of halogens is 1. The molecule has 3 aromatic rings. The molecule has 134 valence electrons. The number of aromatic nitrogens is 3. The van der Waals surface area contributed by atoms with Gasteiger partial charge in [0, 0.05) is 12.7 Å². The zero-order valence-electron chi connectivity index (χ0n) is 14.6. The van der Waals surface area contributed by atoms with Crippen LogP contribution in [0.25, 0.3) is 11.4 Å². The Labute approximate surface area is 155 Å². The van der Waals surface area contributed by atoms with Gasteiger partial charge in [-0.15, -0.1) is 10.2 Å². The second kappa shape index (κ2) is 8.14. The van der Waals surface area contributed by atoms with E-state index in [0.29, 0.717) is 16.5 Å². The van der Waals surface area contributed by atoms with Crippen LogP contribution in [0.2, 0.25) is 0 Å². The second-order valence-corrected chi connectivity index (χ2v) is 6.64. The first-order valence-electron chi connectivity index (χ1n) is 8.25. The molecule has 0 aliphatic heterocycles. The normalized spacial score (nSPS) is 10.7. The number of carbonyl (C=O) groups excluding carboxylic acids is 1. The Kier molecular flexibility index (Phi) is 5.68. The molecule has 1 heterocycles. The third-order valence-corrected chi connectivity index (χ3v) is 4.97. The lowest BCUT2D eigenvalue weighted by molar-refractivity contribution is -0.113. The van der Waals surface area contributed by atoms with E-state index in [1.165, 1.54) is 17.8 Å². The highest BCUT2D eigenvalue weighted by molar-refractivity contribution is 7.99. The summed E-state index contributed by atoms with van der Waals surface area (Å²) in [5.74, 6) is 0.156. The number of benzene rings is 2. The molecule has 7 heteroatoms. The van der Waals surface area contributed by atoms with Crippen molar-refractivity contribution < 1.29 is 9.18 Å². The highest BCUT2D eigenvalue weighted by Gasteiger charge is 2.15. The van der Waals surface area contributed by atoms with Crippen LogP contribution in [-0.2, 0) is 18.3 Å². The molecule has 1 aromatic heterocycles. The molecule has 1 amide bonds. The summed E-state index contributed by atoms with van der Waals surface area (Å²) in [7, 11) is 1.76. The highest BCUT2D eigenvalue weighted by Crippen LogP contribution is 2.25. The Morgan fingerprint density at radius 2 is 1.88 bits per heavy atom. The molecule has 1 N–H and O–H groups in total. The SMILES string of the molecule is CCc1ccccc1NC(=O)CSc1nnc(-c2ccccc2F)n1C. The first kappa shape index (κ1) is 18.1. The molecule has 0 bridgehead atoms. The maximum absolute atomic E-state index is 13.9. The van der Waals surface area contributed by atoms with Crippen LogP contribution < -0.4 is 5.32 Å². The van der Waals surface area contributed by atoms with Crippen LogP contribution in [0.15, 0.2) is 53.7 Å². The summed E-state index contributed by atoms with van der Waals surface area (Å²) in [6, 6.07) is 14.1. The number of thioether (sulfide) groups is 1. The molecule has 0 atom stereocenters. The van der Waals surface area contributed by atoms with E-state index in [1.807, 2.05) is 31.2 Å². The van der Waals surface area contributed by atoms with Gasteiger partial charge in [-0.3, -0.25) is 4.79 Å². The lowest BCUT2D eigenvalue weighted by Crippen LogP contribution is -2.15. The van der Waals surface area contributed by atoms with Gasteiger partial charge in [-0.25, -0.2) is 4.39 Å². The lowest BCUT2D eigenvalue weighted by Gasteiger charge is -2.09. The van der Waals surface area contributed by atoms with Crippen molar-refractivity contribution in [1.82, 2.24) is 14.8 Å². The van der Waals surface area contributed by atoms with E-state index in [1.54, 1.807) is 29.8 Å². The average Bonchev–Trinajstić information content (AvgIpc) is 3.01.